The Bertz CT molecular complexity index is 1190. The third-order valence-electron chi connectivity index (χ3n) is 4.18. The number of carbonyl (C=O) groups is 1. The number of anilines is 1. The number of methoxy groups -OCH3 is 1. The van der Waals surface area contributed by atoms with Gasteiger partial charge in [-0.05, 0) is 58.5 Å². The van der Waals surface area contributed by atoms with Crippen LogP contribution in [0, 0.1) is 3.57 Å². The van der Waals surface area contributed by atoms with E-state index in [9.17, 15) is 4.79 Å². The standard InChI is InChI=1S/C22H16IN3O2S/c1-28-16-11-12-19-20(13-16)29-22(25-19)26(24-14-15-7-3-2-4-8-15)21(27)17-9-5-6-10-18(17)23/h2-14H,1H3/b24-14+. The molecule has 4 aromatic rings. The van der Waals surface area contributed by atoms with Crippen molar-refractivity contribution in [1.29, 1.82) is 0 Å². The Morgan fingerprint density at radius 1 is 1.10 bits per heavy atom. The molecule has 7 heteroatoms. The molecular formula is C22H16IN3O2S. The summed E-state index contributed by atoms with van der Waals surface area (Å²) in [7, 11) is 1.63. The molecule has 144 valence electrons. The average Bonchev–Trinajstić information content (AvgIpc) is 3.17. The van der Waals surface area contributed by atoms with Gasteiger partial charge in [-0.15, -0.1) is 0 Å². The summed E-state index contributed by atoms with van der Waals surface area (Å²) in [6, 6.07) is 22.7. The number of benzene rings is 3. The number of amides is 1. The van der Waals surface area contributed by atoms with Gasteiger partial charge in [-0.25, -0.2) is 4.98 Å². The van der Waals surface area contributed by atoms with Gasteiger partial charge in [0.15, 0.2) is 0 Å². The normalized spacial score (nSPS) is 11.1. The van der Waals surface area contributed by atoms with Crippen LogP contribution in [0.2, 0.25) is 0 Å². The first kappa shape index (κ1) is 19.5. The lowest BCUT2D eigenvalue weighted by Gasteiger charge is -2.14. The van der Waals surface area contributed by atoms with Crippen LogP contribution in [0.5, 0.6) is 5.75 Å². The van der Waals surface area contributed by atoms with Gasteiger partial charge in [0.1, 0.15) is 5.75 Å². The molecule has 0 spiro atoms. The lowest BCUT2D eigenvalue weighted by Crippen LogP contribution is -2.26. The molecule has 0 atom stereocenters. The average molecular weight is 513 g/mol. The topological polar surface area (TPSA) is 54.8 Å². The lowest BCUT2D eigenvalue weighted by atomic mass is 10.2. The highest BCUT2D eigenvalue weighted by atomic mass is 127. The number of hydrazone groups is 1. The van der Waals surface area contributed by atoms with Crippen molar-refractivity contribution in [3.63, 3.8) is 0 Å². The lowest BCUT2D eigenvalue weighted by molar-refractivity contribution is 0.0987. The highest BCUT2D eigenvalue weighted by Crippen LogP contribution is 2.32. The minimum atomic E-state index is -0.229. The van der Waals surface area contributed by atoms with E-state index in [2.05, 4.69) is 32.7 Å². The molecule has 0 aliphatic heterocycles. The van der Waals surface area contributed by atoms with Crippen LogP contribution in [0.1, 0.15) is 15.9 Å². The van der Waals surface area contributed by atoms with Crippen LogP contribution in [0.25, 0.3) is 10.2 Å². The summed E-state index contributed by atoms with van der Waals surface area (Å²) >= 11 is 3.56. The summed E-state index contributed by atoms with van der Waals surface area (Å²) in [5.41, 5.74) is 2.27. The Kier molecular flexibility index (Phi) is 5.86. The molecule has 0 bridgehead atoms. The molecular weight excluding hydrogens is 497 g/mol. The highest BCUT2D eigenvalue weighted by Gasteiger charge is 2.22. The molecule has 0 saturated carbocycles. The first-order valence-electron chi connectivity index (χ1n) is 8.78. The van der Waals surface area contributed by atoms with Gasteiger partial charge in [-0.1, -0.05) is 53.8 Å². The quantitative estimate of drug-likeness (QED) is 0.199. The van der Waals surface area contributed by atoms with Crippen LogP contribution in [0.3, 0.4) is 0 Å². The highest BCUT2D eigenvalue weighted by molar-refractivity contribution is 14.1. The molecule has 0 aliphatic carbocycles. The second kappa shape index (κ2) is 8.71. The molecule has 1 heterocycles. The Morgan fingerprint density at radius 2 is 1.86 bits per heavy atom. The predicted molar refractivity (Wildman–Crippen MR) is 126 cm³/mol. The summed E-state index contributed by atoms with van der Waals surface area (Å²) in [5, 5.41) is 6.36. The van der Waals surface area contributed by atoms with E-state index >= 15 is 0 Å². The second-order valence-corrected chi connectivity index (χ2v) is 8.25. The number of nitrogens with zero attached hydrogens (tertiary/aromatic N) is 3. The third-order valence-corrected chi connectivity index (χ3v) is 6.12. The molecule has 0 unspecified atom stereocenters. The molecule has 29 heavy (non-hydrogen) atoms. The molecule has 1 amide bonds. The van der Waals surface area contributed by atoms with E-state index in [1.54, 1.807) is 19.4 Å². The van der Waals surface area contributed by atoms with E-state index in [4.69, 9.17) is 4.74 Å². The van der Waals surface area contributed by atoms with Crippen molar-refractivity contribution in [3.05, 3.63) is 87.5 Å². The largest absolute Gasteiger partial charge is 0.497 e. The van der Waals surface area contributed by atoms with E-state index in [0.29, 0.717) is 10.7 Å². The Balaban J connectivity index is 1.78. The van der Waals surface area contributed by atoms with E-state index in [1.807, 2.05) is 66.7 Å². The fourth-order valence-electron chi connectivity index (χ4n) is 2.71. The fraction of sp³-hybridized carbons (Fsp3) is 0.0455. The van der Waals surface area contributed by atoms with Gasteiger partial charge < -0.3 is 4.74 Å². The van der Waals surface area contributed by atoms with Crippen LogP contribution < -0.4 is 9.75 Å². The van der Waals surface area contributed by atoms with Crippen LogP contribution >= 0.6 is 33.9 Å². The zero-order chi connectivity index (χ0) is 20.2. The zero-order valence-electron chi connectivity index (χ0n) is 15.4. The van der Waals surface area contributed by atoms with E-state index in [1.165, 1.54) is 16.3 Å². The van der Waals surface area contributed by atoms with Gasteiger partial charge in [0.25, 0.3) is 5.91 Å². The molecule has 5 nitrogen and oxygen atoms in total. The first-order chi connectivity index (χ1) is 14.2. The molecule has 1 aromatic heterocycles. The number of hydrogen-bond acceptors (Lipinski definition) is 5. The maximum atomic E-state index is 13.3. The SMILES string of the molecule is COc1ccc2nc(N(/N=C/c3ccccc3)C(=O)c3ccccc3I)sc2c1. The molecule has 0 fully saturated rings. The zero-order valence-corrected chi connectivity index (χ0v) is 18.4. The maximum Gasteiger partial charge on any atom is 0.281 e. The van der Waals surface area contributed by atoms with Crippen molar-refractivity contribution in [2.24, 2.45) is 5.10 Å². The van der Waals surface area contributed by atoms with Crippen molar-refractivity contribution in [2.75, 3.05) is 12.1 Å². The van der Waals surface area contributed by atoms with Crippen molar-refractivity contribution in [2.45, 2.75) is 0 Å². The molecule has 0 saturated heterocycles. The summed E-state index contributed by atoms with van der Waals surface area (Å²) in [6.45, 7) is 0. The maximum absolute atomic E-state index is 13.3. The van der Waals surface area contributed by atoms with Gasteiger partial charge in [-0.3, -0.25) is 4.79 Å². The summed E-state index contributed by atoms with van der Waals surface area (Å²) < 4.78 is 7.08. The van der Waals surface area contributed by atoms with Gasteiger partial charge >= 0.3 is 0 Å². The third kappa shape index (κ3) is 4.30. The summed E-state index contributed by atoms with van der Waals surface area (Å²) in [6.07, 6.45) is 1.67. The Hall–Kier alpha value is -2.78. The van der Waals surface area contributed by atoms with Crippen molar-refractivity contribution < 1.29 is 9.53 Å². The number of aromatic nitrogens is 1. The number of hydrogen-bond donors (Lipinski definition) is 0. The van der Waals surface area contributed by atoms with Gasteiger partial charge in [-0.2, -0.15) is 10.1 Å². The van der Waals surface area contributed by atoms with Gasteiger partial charge in [0.05, 0.1) is 29.1 Å². The second-order valence-electron chi connectivity index (χ2n) is 6.08. The van der Waals surface area contributed by atoms with E-state index < -0.39 is 0 Å². The van der Waals surface area contributed by atoms with Crippen LogP contribution in [-0.4, -0.2) is 24.2 Å². The smallest absolute Gasteiger partial charge is 0.281 e. The summed E-state index contributed by atoms with van der Waals surface area (Å²) in [4.78, 5) is 18.0. The van der Waals surface area contributed by atoms with Crippen LogP contribution in [-0.2, 0) is 0 Å². The van der Waals surface area contributed by atoms with E-state index in [0.717, 1.165) is 25.1 Å². The molecule has 3 aromatic carbocycles. The van der Waals surface area contributed by atoms with Crippen molar-refractivity contribution in [3.8, 4) is 5.75 Å². The summed E-state index contributed by atoms with van der Waals surface area (Å²) in [5.74, 6) is 0.518. The number of carbonyl (C=O) groups excluding carboxylic acids is 1. The van der Waals surface area contributed by atoms with Gasteiger partial charge in [0, 0.05) is 3.57 Å². The van der Waals surface area contributed by atoms with Crippen LogP contribution in [0.4, 0.5) is 5.13 Å². The number of rotatable bonds is 5. The molecule has 0 N–H and O–H groups in total. The predicted octanol–water partition coefficient (Wildman–Crippen LogP) is 5.59. The minimum Gasteiger partial charge on any atom is -0.497 e. The molecule has 4 rings (SSSR count). The van der Waals surface area contributed by atoms with Gasteiger partial charge in [0.2, 0.25) is 5.13 Å². The number of fused-ring (bicyclic) bond motifs is 1. The monoisotopic (exact) mass is 513 g/mol. The number of halogens is 1. The first-order valence-corrected chi connectivity index (χ1v) is 10.7. The molecule has 0 aliphatic rings. The Labute approximate surface area is 185 Å². The number of thiazole rings is 1. The fourth-order valence-corrected chi connectivity index (χ4v) is 4.28. The van der Waals surface area contributed by atoms with E-state index in [-0.39, 0.29) is 5.91 Å². The Morgan fingerprint density at radius 3 is 2.62 bits per heavy atom. The van der Waals surface area contributed by atoms with Crippen LogP contribution in [0.15, 0.2) is 77.9 Å². The van der Waals surface area contributed by atoms with Crippen molar-refractivity contribution >= 4 is 61.4 Å². The molecule has 0 radical (unpaired) electrons. The number of ether oxygens (including phenoxy) is 1. The van der Waals surface area contributed by atoms with Crippen molar-refractivity contribution in [1.82, 2.24) is 4.98 Å². The minimum absolute atomic E-state index is 0.229.